The summed E-state index contributed by atoms with van der Waals surface area (Å²) in [4.78, 5) is 26.4. The van der Waals surface area contributed by atoms with Crippen LogP contribution < -0.4 is 16.0 Å². The fourth-order valence-corrected chi connectivity index (χ4v) is 4.21. The molecule has 3 unspecified atom stereocenters. The Labute approximate surface area is 151 Å². The van der Waals surface area contributed by atoms with E-state index in [1.54, 1.807) is 11.6 Å². The van der Waals surface area contributed by atoms with Gasteiger partial charge in [0.15, 0.2) is 0 Å². The predicted molar refractivity (Wildman–Crippen MR) is 98.8 cm³/mol. The molecule has 1 saturated heterocycles. The van der Waals surface area contributed by atoms with Gasteiger partial charge < -0.3 is 16.0 Å². The van der Waals surface area contributed by atoms with Crippen molar-refractivity contribution in [3.8, 4) is 0 Å². The number of hydrogen-bond donors (Lipinski definition) is 3. The Kier molecular flexibility index (Phi) is 5.10. The van der Waals surface area contributed by atoms with E-state index in [0.717, 1.165) is 35.4 Å². The average Bonchev–Trinajstić information content (AvgIpc) is 3.11. The van der Waals surface area contributed by atoms with Crippen LogP contribution in [0.1, 0.15) is 35.6 Å². The van der Waals surface area contributed by atoms with Crippen LogP contribution in [-0.2, 0) is 11.8 Å². The molecule has 3 N–H and O–H groups in total. The SMILES string of the molecule is Cc1nn(C)c2sc(C(=O)NC(C)C(=O)NC3CCNCC3C)cc12. The molecule has 0 aromatic carbocycles. The Morgan fingerprint density at radius 3 is 2.92 bits per heavy atom. The first-order valence-electron chi connectivity index (χ1n) is 8.62. The van der Waals surface area contributed by atoms with Crippen LogP contribution in [0.15, 0.2) is 6.07 Å². The van der Waals surface area contributed by atoms with Gasteiger partial charge in [-0.05, 0) is 45.3 Å². The number of fused-ring (bicyclic) bond motifs is 1. The van der Waals surface area contributed by atoms with E-state index >= 15 is 0 Å². The van der Waals surface area contributed by atoms with Gasteiger partial charge in [0.25, 0.3) is 5.91 Å². The Morgan fingerprint density at radius 2 is 2.24 bits per heavy atom. The summed E-state index contributed by atoms with van der Waals surface area (Å²) in [5.41, 5.74) is 0.901. The molecule has 0 spiro atoms. The number of nitrogens with one attached hydrogen (secondary N) is 3. The minimum absolute atomic E-state index is 0.133. The highest BCUT2D eigenvalue weighted by molar-refractivity contribution is 7.20. The molecule has 2 amide bonds. The summed E-state index contributed by atoms with van der Waals surface area (Å²) in [5.74, 6) is 0.0336. The summed E-state index contributed by atoms with van der Waals surface area (Å²) in [5, 5.41) is 14.5. The molecule has 136 valence electrons. The Hall–Kier alpha value is -1.93. The second-order valence-corrected chi connectivity index (χ2v) is 7.85. The molecule has 0 radical (unpaired) electrons. The van der Waals surface area contributed by atoms with Gasteiger partial charge in [0.2, 0.25) is 5.91 Å². The van der Waals surface area contributed by atoms with Gasteiger partial charge in [-0.25, -0.2) is 0 Å². The van der Waals surface area contributed by atoms with E-state index in [1.165, 1.54) is 11.3 Å². The van der Waals surface area contributed by atoms with Crippen molar-refractivity contribution in [3.63, 3.8) is 0 Å². The normalized spacial score (nSPS) is 21.9. The van der Waals surface area contributed by atoms with Crippen LogP contribution >= 0.6 is 11.3 Å². The maximum Gasteiger partial charge on any atom is 0.262 e. The van der Waals surface area contributed by atoms with E-state index < -0.39 is 6.04 Å². The summed E-state index contributed by atoms with van der Waals surface area (Å²) in [6.07, 6.45) is 0.913. The highest BCUT2D eigenvalue weighted by Gasteiger charge is 2.26. The molecule has 8 heteroatoms. The fraction of sp³-hybridized carbons (Fsp3) is 0.588. The number of carbonyl (C=O) groups excluding carboxylic acids is 2. The molecule has 0 bridgehead atoms. The van der Waals surface area contributed by atoms with E-state index in [9.17, 15) is 9.59 Å². The first kappa shape index (κ1) is 17.9. The van der Waals surface area contributed by atoms with Crippen molar-refractivity contribution in [3.05, 3.63) is 16.6 Å². The molecule has 3 rings (SSSR count). The Morgan fingerprint density at radius 1 is 1.48 bits per heavy atom. The molecule has 1 aliphatic heterocycles. The lowest BCUT2D eigenvalue weighted by Gasteiger charge is -2.31. The average molecular weight is 363 g/mol. The van der Waals surface area contributed by atoms with Gasteiger partial charge in [0, 0.05) is 18.5 Å². The van der Waals surface area contributed by atoms with E-state index in [4.69, 9.17) is 0 Å². The predicted octanol–water partition coefficient (Wildman–Crippen LogP) is 1.18. The standard InChI is InChI=1S/C17H25N5O2S/c1-9-8-18-6-5-13(9)20-15(23)11(3)19-16(24)14-7-12-10(2)21-22(4)17(12)25-14/h7,9,11,13,18H,5-6,8H2,1-4H3,(H,19,24)(H,20,23). The van der Waals surface area contributed by atoms with Crippen molar-refractivity contribution in [2.24, 2.45) is 13.0 Å². The van der Waals surface area contributed by atoms with Crippen molar-refractivity contribution >= 4 is 33.4 Å². The van der Waals surface area contributed by atoms with Gasteiger partial charge in [-0.2, -0.15) is 5.10 Å². The molecule has 2 aromatic heterocycles. The lowest BCUT2D eigenvalue weighted by atomic mass is 9.95. The van der Waals surface area contributed by atoms with Crippen molar-refractivity contribution < 1.29 is 9.59 Å². The van der Waals surface area contributed by atoms with E-state index in [0.29, 0.717) is 10.8 Å². The van der Waals surface area contributed by atoms with Gasteiger partial charge >= 0.3 is 0 Å². The smallest absolute Gasteiger partial charge is 0.262 e. The van der Waals surface area contributed by atoms with Crippen LogP contribution in [0, 0.1) is 12.8 Å². The van der Waals surface area contributed by atoms with Crippen molar-refractivity contribution in [1.82, 2.24) is 25.7 Å². The Bertz CT molecular complexity index is 762. The third kappa shape index (κ3) is 3.69. The van der Waals surface area contributed by atoms with Crippen LogP contribution in [-0.4, -0.2) is 46.8 Å². The maximum absolute atomic E-state index is 12.5. The zero-order chi connectivity index (χ0) is 18.1. The molecule has 0 saturated carbocycles. The fourth-order valence-electron chi connectivity index (χ4n) is 3.19. The highest BCUT2D eigenvalue weighted by Crippen LogP contribution is 2.27. The number of amides is 2. The van der Waals surface area contributed by atoms with Crippen LogP contribution in [0.25, 0.3) is 10.2 Å². The van der Waals surface area contributed by atoms with E-state index in [1.807, 2.05) is 20.0 Å². The maximum atomic E-state index is 12.5. The second kappa shape index (κ2) is 7.13. The zero-order valence-electron chi connectivity index (χ0n) is 15.0. The van der Waals surface area contributed by atoms with Gasteiger partial charge in [0.1, 0.15) is 10.9 Å². The molecule has 7 nitrogen and oxygen atoms in total. The summed E-state index contributed by atoms with van der Waals surface area (Å²) < 4.78 is 1.78. The third-order valence-corrected chi connectivity index (χ3v) is 5.97. The molecule has 25 heavy (non-hydrogen) atoms. The minimum atomic E-state index is -0.570. The first-order chi connectivity index (χ1) is 11.9. The second-order valence-electron chi connectivity index (χ2n) is 6.82. The monoisotopic (exact) mass is 363 g/mol. The van der Waals surface area contributed by atoms with Gasteiger partial charge in [-0.3, -0.25) is 14.3 Å². The van der Waals surface area contributed by atoms with Crippen molar-refractivity contribution in [2.45, 2.75) is 39.3 Å². The number of rotatable bonds is 4. The summed E-state index contributed by atoms with van der Waals surface area (Å²) in [7, 11) is 1.86. The van der Waals surface area contributed by atoms with Crippen LogP contribution in [0.4, 0.5) is 0 Å². The van der Waals surface area contributed by atoms with Gasteiger partial charge in [-0.15, -0.1) is 11.3 Å². The number of thiophene rings is 1. The number of hydrogen-bond acceptors (Lipinski definition) is 5. The van der Waals surface area contributed by atoms with Gasteiger partial charge in [0.05, 0.1) is 10.6 Å². The molecule has 0 aliphatic carbocycles. The molecule has 1 aliphatic rings. The molecule has 1 fully saturated rings. The van der Waals surface area contributed by atoms with Crippen molar-refractivity contribution in [1.29, 1.82) is 0 Å². The number of carbonyl (C=O) groups is 2. The minimum Gasteiger partial charge on any atom is -0.351 e. The molecule has 2 aromatic rings. The van der Waals surface area contributed by atoms with Crippen LogP contribution in [0.2, 0.25) is 0 Å². The number of aromatic nitrogens is 2. The number of nitrogens with zero attached hydrogens (tertiary/aromatic N) is 2. The largest absolute Gasteiger partial charge is 0.351 e. The summed E-state index contributed by atoms with van der Waals surface area (Å²) in [6, 6.07) is 1.43. The third-order valence-electron chi connectivity index (χ3n) is 4.77. The summed E-state index contributed by atoms with van der Waals surface area (Å²) >= 11 is 1.39. The lowest BCUT2D eigenvalue weighted by molar-refractivity contribution is -0.123. The molecular formula is C17H25N5O2S. The van der Waals surface area contributed by atoms with Gasteiger partial charge in [-0.1, -0.05) is 6.92 Å². The summed E-state index contributed by atoms with van der Waals surface area (Å²) in [6.45, 7) is 7.58. The highest BCUT2D eigenvalue weighted by atomic mass is 32.1. The number of aryl methyl sites for hydroxylation is 2. The zero-order valence-corrected chi connectivity index (χ0v) is 15.9. The number of piperidine rings is 1. The quantitative estimate of drug-likeness (QED) is 0.761. The van der Waals surface area contributed by atoms with E-state index in [-0.39, 0.29) is 17.9 Å². The molecular weight excluding hydrogens is 338 g/mol. The van der Waals surface area contributed by atoms with Crippen LogP contribution in [0.5, 0.6) is 0 Å². The van der Waals surface area contributed by atoms with E-state index in [2.05, 4.69) is 28.0 Å². The molecule has 3 heterocycles. The topological polar surface area (TPSA) is 88.0 Å². The molecule has 3 atom stereocenters. The Balaban J connectivity index is 1.62. The lowest BCUT2D eigenvalue weighted by Crippen LogP contribution is -2.53. The van der Waals surface area contributed by atoms with Crippen LogP contribution in [0.3, 0.4) is 0 Å². The first-order valence-corrected chi connectivity index (χ1v) is 9.43. The van der Waals surface area contributed by atoms with Crippen molar-refractivity contribution in [2.75, 3.05) is 13.1 Å².